The number of rotatable bonds is 1. The molecular weight excluding hydrogens is 160 g/mol. The van der Waals surface area contributed by atoms with Gasteiger partial charge in [0.2, 0.25) is 0 Å². The fraction of sp³-hybridized carbons (Fsp3) is 0.273. The number of nitrogens with zero attached hydrogens (tertiary/aromatic N) is 1. The van der Waals surface area contributed by atoms with Gasteiger partial charge in [-0.15, -0.1) is 0 Å². The van der Waals surface area contributed by atoms with Gasteiger partial charge in [-0.1, -0.05) is 6.92 Å². The molecule has 1 aromatic carbocycles. The minimum Gasteiger partial charge on any atom is -0.399 e. The molecule has 2 N–H and O–H groups in total. The molecule has 0 fully saturated rings. The van der Waals surface area contributed by atoms with E-state index in [1.807, 2.05) is 12.1 Å². The van der Waals surface area contributed by atoms with Crippen LogP contribution in [-0.4, -0.2) is 4.57 Å². The summed E-state index contributed by atoms with van der Waals surface area (Å²) in [6.07, 6.45) is 3.23. The van der Waals surface area contributed by atoms with Gasteiger partial charge in [0.1, 0.15) is 0 Å². The standard InChI is InChI=1S/C11H14N2/c1-3-8-7-13(2)11-5-4-9(12)6-10(8)11/h4-7H,3,12H2,1-2H3. The first-order chi connectivity index (χ1) is 6.22. The SMILES string of the molecule is CCc1cn(C)c2ccc(N)cc12. The van der Waals surface area contributed by atoms with Crippen molar-refractivity contribution in [1.29, 1.82) is 0 Å². The van der Waals surface area contributed by atoms with Gasteiger partial charge in [-0.05, 0) is 30.2 Å². The minimum atomic E-state index is 0.841. The van der Waals surface area contributed by atoms with E-state index in [2.05, 4.69) is 30.8 Å². The number of aryl methyl sites for hydroxylation is 2. The van der Waals surface area contributed by atoms with Crippen molar-refractivity contribution in [3.05, 3.63) is 30.0 Å². The summed E-state index contributed by atoms with van der Waals surface area (Å²) in [4.78, 5) is 0. The van der Waals surface area contributed by atoms with E-state index in [-0.39, 0.29) is 0 Å². The number of nitrogens with two attached hydrogens (primary N) is 1. The molecule has 0 saturated heterocycles. The molecule has 1 aromatic heterocycles. The van der Waals surface area contributed by atoms with Gasteiger partial charge >= 0.3 is 0 Å². The summed E-state index contributed by atoms with van der Waals surface area (Å²) in [7, 11) is 2.07. The maximum Gasteiger partial charge on any atom is 0.0482 e. The fourth-order valence-electron chi connectivity index (χ4n) is 1.77. The van der Waals surface area contributed by atoms with Gasteiger partial charge in [0.25, 0.3) is 0 Å². The van der Waals surface area contributed by atoms with Crippen molar-refractivity contribution < 1.29 is 0 Å². The highest BCUT2D eigenvalue weighted by Crippen LogP contribution is 2.23. The first-order valence-corrected chi connectivity index (χ1v) is 4.56. The van der Waals surface area contributed by atoms with Gasteiger partial charge in [-0.25, -0.2) is 0 Å². The highest BCUT2D eigenvalue weighted by molar-refractivity contribution is 5.86. The Morgan fingerprint density at radius 2 is 2.15 bits per heavy atom. The Kier molecular flexibility index (Phi) is 1.76. The Morgan fingerprint density at radius 1 is 1.38 bits per heavy atom. The van der Waals surface area contributed by atoms with Crippen molar-refractivity contribution in [2.45, 2.75) is 13.3 Å². The van der Waals surface area contributed by atoms with Crippen LogP contribution < -0.4 is 5.73 Å². The second-order valence-corrected chi connectivity index (χ2v) is 3.40. The summed E-state index contributed by atoms with van der Waals surface area (Å²) in [6.45, 7) is 2.16. The highest BCUT2D eigenvalue weighted by Gasteiger charge is 2.04. The van der Waals surface area contributed by atoms with Gasteiger partial charge in [-0.3, -0.25) is 0 Å². The Labute approximate surface area is 78.0 Å². The third-order valence-corrected chi connectivity index (χ3v) is 2.48. The van der Waals surface area contributed by atoms with Gasteiger partial charge in [-0.2, -0.15) is 0 Å². The van der Waals surface area contributed by atoms with Crippen molar-refractivity contribution in [3.63, 3.8) is 0 Å². The number of nitrogen functional groups attached to an aromatic ring is 1. The molecule has 0 radical (unpaired) electrons. The van der Waals surface area contributed by atoms with E-state index in [1.54, 1.807) is 0 Å². The van der Waals surface area contributed by atoms with E-state index in [1.165, 1.54) is 16.5 Å². The number of hydrogen-bond donors (Lipinski definition) is 1. The molecule has 0 aliphatic rings. The summed E-state index contributed by atoms with van der Waals surface area (Å²) in [5.74, 6) is 0. The average molecular weight is 174 g/mol. The van der Waals surface area contributed by atoms with E-state index in [9.17, 15) is 0 Å². The second kappa shape index (κ2) is 2.80. The Bertz CT molecular complexity index is 441. The molecule has 2 rings (SSSR count). The Morgan fingerprint density at radius 3 is 2.85 bits per heavy atom. The minimum absolute atomic E-state index is 0.841. The van der Waals surface area contributed by atoms with Crippen LogP contribution >= 0.6 is 0 Å². The average Bonchev–Trinajstić information content (AvgIpc) is 2.42. The third-order valence-electron chi connectivity index (χ3n) is 2.48. The summed E-state index contributed by atoms with van der Waals surface area (Å²) < 4.78 is 2.15. The zero-order valence-electron chi connectivity index (χ0n) is 8.04. The molecule has 0 bridgehead atoms. The van der Waals surface area contributed by atoms with Crippen molar-refractivity contribution in [2.75, 3.05) is 5.73 Å². The maximum absolute atomic E-state index is 5.75. The van der Waals surface area contributed by atoms with Crippen LogP contribution in [-0.2, 0) is 13.5 Å². The van der Waals surface area contributed by atoms with Crippen LogP contribution in [0, 0.1) is 0 Å². The molecule has 0 aliphatic carbocycles. The van der Waals surface area contributed by atoms with Gasteiger partial charge in [0, 0.05) is 29.8 Å². The molecular formula is C11H14N2. The van der Waals surface area contributed by atoms with Gasteiger partial charge < -0.3 is 10.3 Å². The molecule has 13 heavy (non-hydrogen) atoms. The highest BCUT2D eigenvalue weighted by atomic mass is 14.9. The van der Waals surface area contributed by atoms with Crippen molar-refractivity contribution in [2.24, 2.45) is 7.05 Å². The second-order valence-electron chi connectivity index (χ2n) is 3.40. The quantitative estimate of drug-likeness (QED) is 0.661. The lowest BCUT2D eigenvalue weighted by atomic mass is 10.1. The number of benzene rings is 1. The van der Waals surface area contributed by atoms with Gasteiger partial charge in [0.05, 0.1) is 0 Å². The summed E-state index contributed by atoms with van der Waals surface area (Å²) in [5.41, 5.74) is 9.21. The molecule has 0 amide bonds. The van der Waals surface area contributed by atoms with E-state index in [0.717, 1.165) is 12.1 Å². The number of hydrogen-bond acceptors (Lipinski definition) is 1. The lowest BCUT2D eigenvalue weighted by molar-refractivity contribution is 0.954. The molecule has 2 heteroatoms. The fourth-order valence-corrected chi connectivity index (χ4v) is 1.77. The summed E-state index contributed by atoms with van der Waals surface area (Å²) >= 11 is 0. The van der Waals surface area contributed by atoms with Crippen LogP contribution in [0.1, 0.15) is 12.5 Å². The van der Waals surface area contributed by atoms with Crippen LogP contribution in [0.3, 0.4) is 0 Å². The van der Waals surface area contributed by atoms with Crippen LogP contribution in [0.2, 0.25) is 0 Å². The largest absolute Gasteiger partial charge is 0.399 e. The molecule has 0 atom stereocenters. The third kappa shape index (κ3) is 1.18. The molecule has 0 aliphatic heterocycles. The first kappa shape index (κ1) is 8.17. The van der Waals surface area contributed by atoms with Crippen LogP contribution in [0.4, 0.5) is 5.69 Å². The summed E-state index contributed by atoms with van der Waals surface area (Å²) in [6, 6.07) is 6.07. The lowest BCUT2D eigenvalue weighted by Crippen LogP contribution is -1.86. The summed E-state index contributed by atoms with van der Waals surface area (Å²) in [5, 5.41) is 1.28. The molecule has 0 saturated carbocycles. The zero-order valence-corrected chi connectivity index (χ0v) is 8.04. The number of fused-ring (bicyclic) bond motifs is 1. The van der Waals surface area contributed by atoms with Crippen LogP contribution in [0.25, 0.3) is 10.9 Å². The van der Waals surface area contributed by atoms with Gasteiger partial charge in [0.15, 0.2) is 0 Å². The normalized spacial score (nSPS) is 10.9. The molecule has 0 spiro atoms. The molecule has 68 valence electrons. The maximum atomic E-state index is 5.75. The Hall–Kier alpha value is -1.44. The zero-order chi connectivity index (χ0) is 9.42. The molecule has 0 unspecified atom stereocenters. The lowest BCUT2D eigenvalue weighted by Gasteiger charge is -1.97. The van der Waals surface area contributed by atoms with Crippen molar-refractivity contribution in [1.82, 2.24) is 4.57 Å². The van der Waals surface area contributed by atoms with E-state index in [4.69, 9.17) is 5.73 Å². The van der Waals surface area contributed by atoms with E-state index >= 15 is 0 Å². The Balaban J connectivity index is 2.81. The van der Waals surface area contributed by atoms with Crippen LogP contribution in [0.15, 0.2) is 24.4 Å². The predicted molar refractivity (Wildman–Crippen MR) is 56.7 cm³/mol. The van der Waals surface area contributed by atoms with E-state index < -0.39 is 0 Å². The first-order valence-electron chi connectivity index (χ1n) is 4.56. The predicted octanol–water partition coefficient (Wildman–Crippen LogP) is 2.32. The van der Waals surface area contributed by atoms with E-state index in [0.29, 0.717) is 0 Å². The van der Waals surface area contributed by atoms with Crippen molar-refractivity contribution >= 4 is 16.6 Å². The molecule has 2 nitrogen and oxygen atoms in total. The number of aromatic nitrogens is 1. The van der Waals surface area contributed by atoms with Crippen LogP contribution in [0.5, 0.6) is 0 Å². The smallest absolute Gasteiger partial charge is 0.0482 e. The molecule has 1 heterocycles. The monoisotopic (exact) mass is 174 g/mol. The van der Waals surface area contributed by atoms with Crippen molar-refractivity contribution in [3.8, 4) is 0 Å². The topological polar surface area (TPSA) is 30.9 Å². The molecule has 2 aromatic rings. The number of anilines is 1.